The molecule has 0 N–H and O–H groups in total. The summed E-state index contributed by atoms with van der Waals surface area (Å²) in [5.41, 5.74) is -0.0814. The average molecular weight is 262 g/mol. The Balaban J connectivity index is 2.22. The monoisotopic (exact) mass is 261 g/mol. The predicted octanol–water partition coefficient (Wildman–Crippen LogP) is 3.32. The lowest BCUT2D eigenvalue weighted by atomic mass is 9.95. The van der Waals surface area contributed by atoms with Crippen molar-refractivity contribution in [3.63, 3.8) is 0 Å². The topological polar surface area (TPSA) is 22.1 Å². The maximum absolute atomic E-state index is 5.81. The number of ether oxygens (including phenoxy) is 1. The fraction of sp³-hybridized carbons (Fsp3) is 0.667. The van der Waals surface area contributed by atoms with E-state index in [1.165, 1.54) is 17.7 Å². The summed E-state index contributed by atoms with van der Waals surface area (Å²) in [6.07, 6.45) is 5.48. The number of thiazole rings is 1. The highest BCUT2D eigenvalue weighted by Gasteiger charge is 2.31. The van der Waals surface area contributed by atoms with Crippen molar-refractivity contribution in [2.75, 3.05) is 6.61 Å². The van der Waals surface area contributed by atoms with Crippen molar-refractivity contribution in [3.05, 3.63) is 15.0 Å². The first-order chi connectivity index (χ1) is 6.21. The Morgan fingerprint density at radius 1 is 1.62 bits per heavy atom. The van der Waals surface area contributed by atoms with Gasteiger partial charge in [0.25, 0.3) is 0 Å². The quantitative estimate of drug-likeness (QED) is 0.774. The van der Waals surface area contributed by atoms with E-state index >= 15 is 0 Å². The van der Waals surface area contributed by atoms with Gasteiger partial charge in [0.2, 0.25) is 0 Å². The molecule has 4 heteroatoms. The summed E-state index contributed by atoms with van der Waals surface area (Å²) in [4.78, 5) is 5.43. The van der Waals surface area contributed by atoms with Crippen LogP contribution in [-0.4, -0.2) is 11.6 Å². The molecule has 2 heterocycles. The van der Waals surface area contributed by atoms with Crippen molar-refractivity contribution >= 4 is 27.3 Å². The molecule has 0 bridgehead atoms. The van der Waals surface area contributed by atoms with Gasteiger partial charge in [-0.25, -0.2) is 4.98 Å². The molecule has 2 rings (SSSR count). The van der Waals surface area contributed by atoms with Crippen molar-refractivity contribution in [1.29, 1.82) is 0 Å². The second-order valence-electron chi connectivity index (χ2n) is 3.51. The normalized spacial score (nSPS) is 29.1. The van der Waals surface area contributed by atoms with Crippen LogP contribution in [0.1, 0.15) is 31.1 Å². The molecule has 1 fully saturated rings. The lowest BCUT2D eigenvalue weighted by molar-refractivity contribution is -0.0677. The van der Waals surface area contributed by atoms with Crippen LogP contribution in [0.15, 0.2) is 10.1 Å². The van der Waals surface area contributed by atoms with Crippen molar-refractivity contribution in [2.24, 2.45) is 0 Å². The summed E-state index contributed by atoms with van der Waals surface area (Å²) in [6.45, 7) is 3.04. The molecule has 0 aliphatic carbocycles. The van der Waals surface area contributed by atoms with E-state index in [0.29, 0.717) is 0 Å². The van der Waals surface area contributed by atoms with Gasteiger partial charge in [0.1, 0.15) is 5.60 Å². The summed E-state index contributed by atoms with van der Waals surface area (Å²) < 4.78 is 6.76. The summed E-state index contributed by atoms with van der Waals surface area (Å²) in [7, 11) is 0. The van der Waals surface area contributed by atoms with Crippen LogP contribution in [0, 0.1) is 0 Å². The van der Waals surface area contributed by atoms with Crippen LogP contribution in [0.2, 0.25) is 0 Å². The van der Waals surface area contributed by atoms with Crippen LogP contribution >= 0.6 is 27.3 Å². The summed E-state index contributed by atoms with van der Waals surface area (Å²) in [6, 6.07) is 0. The SMILES string of the molecule is CC1(c2cnc(Br)s2)CCCCO1. The molecule has 0 aromatic carbocycles. The van der Waals surface area contributed by atoms with Gasteiger partial charge in [0.05, 0.1) is 4.88 Å². The molecule has 0 spiro atoms. The Bertz CT molecular complexity index is 294. The lowest BCUT2D eigenvalue weighted by Gasteiger charge is -2.32. The Hall–Kier alpha value is 0.0700. The van der Waals surface area contributed by atoms with Crippen molar-refractivity contribution in [3.8, 4) is 0 Å². The third-order valence-electron chi connectivity index (χ3n) is 2.47. The van der Waals surface area contributed by atoms with E-state index in [1.54, 1.807) is 11.3 Å². The van der Waals surface area contributed by atoms with Gasteiger partial charge in [-0.05, 0) is 42.1 Å². The van der Waals surface area contributed by atoms with Crippen molar-refractivity contribution in [2.45, 2.75) is 31.8 Å². The first-order valence-corrected chi connectivity index (χ1v) is 6.07. The third-order valence-corrected chi connectivity index (χ3v) is 4.19. The van der Waals surface area contributed by atoms with Crippen LogP contribution in [0.5, 0.6) is 0 Å². The fourth-order valence-electron chi connectivity index (χ4n) is 1.63. The van der Waals surface area contributed by atoms with Gasteiger partial charge in [-0.2, -0.15) is 0 Å². The zero-order valence-corrected chi connectivity index (χ0v) is 9.95. The minimum absolute atomic E-state index is 0.0814. The molecular formula is C9H12BrNOS. The van der Waals surface area contributed by atoms with E-state index in [4.69, 9.17) is 4.74 Å². The van der Waals surface area contributed by atoms with Gasteiger partial charge in [0, 0.05) is 12.8 Å². The number of hydrogen-bond donors (Lipinski definition) is 0. The molecule has 1 aliphatic rings. The summed E-state index contributed by atoms with van der Waals surface area (Å²) in [5.74, 6) is 0. The van der Waals surface area contributed by atoms with E-state index in [9.17, 15) is 0 Å². The first-order valence-electron chi connectivity index (χ1n) is 4.46. The minimum atomic E-state index is -0.0814. The highest BCUT2D eigenvalue weighted by molar-refractivity contribution is 9.11. The predicted molar refractivity (Wildman–Crippen MR) is 57.0 cm³/mol. The molecule has 1 aliphatic heterocycles. The highest BCUT2D eigenvalue weighted by atomic mass is 79.9. The fourth-order valence-corrected chi connectivity index (χ4v) is 3.02. The Morgan fingerprint density at radius 3 is 3.00 bits per heavy atom. The van der Waals surface area contributed by atoms with Gasteiger partial charge in [-0.15, -0.1) is 11.3 Å². The molecule has 1 aromatic heterocycles. The third kappa shape index (κ3) is 1.95. The standard InChI is InChI=1S/C9H12BrNOS/c1-9(4-2-3-5-12-9)7-6-11-8(10)13-7/h6H,2-5H2,1H3. The van der Waals surface area contributed by atoms with Gasteiger partial charge >= 0.3 is 0 Å². The van der Waals surface area contributed by atoms with Crippen LogP contribution in [0.4, 0.5) is 0 Å². The highest BCUT2D eigenvalue weighted by Crippen LogP contribution is 2.38. The second kappa shape index (κ2) is 3.67. The number of nitrogens with zero attached hydrogens (tertiary/aromatic N) is 1. The van der Waals surface area contributed by atoms with Crippen LogP contribution < -0.4 is 0 Å². The molecule has 1 unspecified atom stereocenters. The van der Waals surface area contributed by atoms with Gasteiger partial charge in [-0.3, -0.25) is 0 Å². The maximum atomic E-state index is 5.81. The van der Waals surface area contributed by atoms with E-state index in [1.807, 2.05) is 6.20 Å². The molecule has 0 radical (unpaired) electrons. The average Bonchev–Trinajstić information content (AvgIpc) is 2.54. The molecule has 2 nitrogen and oxygen atoms in total. The molecule has 1 saturated heterocycles. The maximum Gasteiger partial charge on any atom is 0.159 e. The number of halogens is 1. The van der Waals surface area contributed by atoms with Crippen molar-refractivity contribution < 1.29 is 4.74 Å². The van der Waals surface area contributed by atoms with Crippen molar-refractivity contribution in [1.82, 2.24) is 4.98 Å². The summed E-state index contributed by atoms with van der Waals surface area (Å²) in [5, 5.41) is 0. The van der Waals surface area contributed by atoms with Crippen LogP contribution in [0.3, 0.4) is 0 Å². The summed E-state index contributed by atoms with van der Waals surface area (Å²) >= 11 is 5.05. The van der Waals surface area contributed by atoms with E-state index in [2.05, 4.69) is 27.8 Å². The van der Waals surface area contributed by atoms with Crippen LogP contribution in [-0.2, 0) is 10.3 Å². The van der Waals surface area contributed by atoms with Gasteiger partial charge in [-0.1, -0.05) is 0 Å². The Morgan fingerprint density at radius 2 is 2.46 bits per heavy atom. The number of aromatic nitrogens is 1. The zero-order valence-electron chi connectivity index (χ0n) is 7.55. The molecular weight excluding hydrogens is 250 g/mol. The smallest absolute Gasteiger partial charge is 0.159 e. The Labute approximate surface area is 90.5 Å². The molecule has 1 atom stereocenters. The lowest BCUT2D eigenvalue weighted by Crippen LogP contribution is -2.29. The largest absolute Gasteiger partial charge is 0.370 e. The Kier molecular flexibility index (Phi) is 2.72. The van der Waals surface area contributed by atoms with E-state index in [0.717, 1.165) is 16.9 Å². The van der Waals surface area contributed by atoms with E-state index in [-0.39, 0.29) is 5.60 Å². The molecule has 0 amide bonds. The molecule has 1 aromatic rings. The zero-order chi connectivity index (χ0) is 9.31. The number of hydrogen-bond acceptors (Lipinski definition) is 3. The van der Waals surface area contributed by atoms with E-state index < -0.39 is 0 Å². The van der Waals surface area contributed by atoms with Crippen LogP contribution in [0.25, 0.3) is 0 Å². The van der Waals surface area contributed by atoms with Gasteiger partial charge < -0.3 is 4.74 Å². The minimum Gasteiger partial charge on any atom is -0.370 e. The molecule has 13 heavy (non-hydrogen) atoms. The molecule has 0 saturated carbocycles. The second-order valence-corrected chi connectivity index (χ2v) is 5.82. The van der Waals surface area contributed by atoms with Gasteiger partial charge in [0.15, 0.2) is 3.92 Å². The first kappa shape index (κ1) is 9.62. The molecule has 72 valence electrons. The number of rotatable bonds is 1.